The number of thioether (sulfide) groups is 1. The highest BCUT2D eigenvalue weighted by Gasteiger charge is 2.76. The molecule has 0 saturated carbocycles. The normalized spacial score (nSPS) is 31.5. The van der Waals surface area contributed by atoms with Crippen molar-refractivity contribution in [3.05, 3.63) is 24.3 Å². The van der Waals surface area contributed by atoms with E-state index in [-0.39, 0.29) is 40.3 Å². The number of hydrogen-bond acceptors (Lipinski definition) is 6. The molecule has 4 rings (SSSR count). The summed E-state index contributed by atoms with van der Waals surface area (Å²) in [4.78, 5) is 44.8. The molecule has 1 aromatic rings. The third-order valence-corrected chi connectivity index (χ3v) is 11.3. The van der Waals surface area contributed by atoms with Gasteiger partial charge in [0.05, 0.1) is 29.2 Å². The van der Waals surface area contributed by atoms with Crippen LogP contribution in [0.2, 0.25) is 0 Å². The maximum Gasteiger partial charge on any atom is 0.248 e. The Kier molecular flexibility index (Phi) is 7.98. The molecule has 0 aromatic heterocycles. The first-order chi connectivity index (χ1) is 17.1. The van der Waals surface area contributed by atoms with Gasteiger partial charge in [-0.25, -0.2) is 0 Å². The van der Waals surface area contributed by atoms with E-state index in [0.717, 1.165) is 18.8 Å². The SMILES string of the molecule is CCN(CC)c1ccc(NC(=O)C2N([C@@H](CO)C(C)C)C(=O)[C@@H]3[C@H](C(=O)NC)[C@H]4SC23CC4Br)cc1. The fraction of sp³-hybridized carbons (Fsp3) is 0.654. The van der Waals surface area contributed by atoms with Crippen molar-refractivity contribution < 1.29 is 19.5 Å². The van der Waals surface area contributed by atoms with Crippen LogP contribution in [0, 0.1) is 17.8 Å². The lowest BCUT2D eigenvalue weighted by Crippen LogP contribution is -2.56. The number of nitrogens with zero attached hydrogens (tertiary/aromatic N) is 2. The molecule has 3 N–H and O–H groups in total. The number of carbonyl (C=O) groups excluding carboxylic acids is 3. The Balaban J connectivity index is 1.71. The van der Waals surface area contributed by atoms with Gasteiger partial charge in [0, 0.05) is 41.6 Å². The number of nitrogens with one attached hydrogen (secondary N) is 2. The molecule has 0 radical (unpaired) electrons. The van der Waals surface area contributed by atoms with Crippen LogP contribution in [0.4, 0.5) is 11.4 Å². The van der Waals surface area contributed by atoms with Crippen molar-refractivity contribution in [3.8, 4) is 0 Å². The molecule has 3 fully saturated rings. The molecule has 1 aromatic carbocycles. The zero-order valence-electron chi connectivity index (χ0n) is 21.5. The number of likely N-dealkylation sites (tertiary alicyclic amines) is 1. The first-order valence-electron chi connectivity index (χ1n) is 12.8. The van der Waals surface area contributed by atoms with E-state index in [0.29, 0.717) is 12.1 Å². The lowest BCUT2D eigenvalue weighted by molar-refractivity contribution is -0.142. The Morgan fingerprint density at radius 3 is 2.39 bits per heavy atom. The van der Waals surface area contributed by atoms with Crippen LogP contribution >= 0.6 is 27.7 Å². The monoisotopic (exact) mass is 580 g/mol. The summed E-state index contributed by atoms with van der Waals surface area (Å²) in [7, 11) is 1.59. The highest BCUT2D eigenvalue weighted by Crippen LogP contribution is 2.68. The van der Waals surface area contributed by atoms with E-state index in [9.17, 15) is 19.5 Å². The first kappa shape index (κ1) is 27.3. The van der Waals surface area contributed by atoms with Gasteiger partial charge in [-0.2, -0.15) is 0 Å². The number of amides is 3. The molecule has 3 heterocycles. The van der Waals surface area contributed by atoms with Crippen molar-refractivity contribution in [2.75, 3.05) is 37.0 Å². The van der Waals surface area contributed by atoms with E-state index >= 15 is 0 Å². The lowest BCUT2D eigenvalue weighted by atomic mass is 9.70. The highest BCUT2D eigenvalue weighted by atomic mass is 79.9. The Hall–Kier alpha value is -1.78. The number of aliphatic hydroxyl groups is 1. The molecule has 3 saturated heterocycles. The average Bonchev–Trinajstić information content (AvgIpc) is 3.44. The van der Waals surface area contributed by atoms with Gasteiger partial charge in [-0.15, -0.1) is 11.8 Å². The largest absolute Gasteiger partial charge is 0.394 e. The molecule has 3 amide bonds. The zero-order valence-corrected chi connectivity index (χ0v) is 23.9. The van der Waals surface area contributed by atoms with Crippen LogP contribution in [0.15, 0.2) is 24.3 Å². The second kappa shape index (κ2) is 10.5. The molecule has 36 heavy (non-hydrogen) atoms. The minimum atomic E-state index is -0.790. The van der Waals surface area contributed by atoms with Crippen molar-refractivity contribution in [1.82, 2.24) is 10.2 Å². The van der Waals surface area contributed by atoms with Gasteiger partial charge in [-0.05, 0) is 50.5 Å². The van der Waals surface area contributed by atoms with Gasteiger partial charge in [0.1, 0.15) is 6.04 Å². The minimum absolute atomic E-state index is 0.0177. The van der Waals surface area contributed by atoms with E-state index in [1.165, 1.54) is 0 Å². The second-order valence-electron chi connectivity index (χ2n) is 10.2. The molecule has 2 bridgehead atoms. The maximum absolute atomic E-state index is 14.0. The average molecular weight is 582 g/mol. The molecule has 7 atom stereocenters. The van der Waals surface area contributed by atoms with Gasteiger partial charge >= 0.3 is 0 Å². The molecule has 1 spiro atoms. The molecule has 8 nitrogen and oxygen atoms in total. The van der Waals surface area contributed by atoms with Crippen molar-refractivity contribution in [1.29, 1.82) is 0 Å². The van der Waals surface area contributed by atoms with Crippen LogP contribution in [0.25, 0.3) is 0 Å². The molecule has 3 aliphatic rings. The third-order valence-electron chi connectivity index (χ3n) is 8.10. The van der Waals surface area contributed by atoms with Crippen LogP contribution in [0.1, 0.15) is 34.1 Å². The van der Waals surface area contributed by atoms with Crippen LogP contribution in [-0.4, -0.2) is 81.4 Å². The van der Waals surface area contributed by atoms with Gasteiger partial charge in [0.15, 0.2) is 0 Å². The Labute approximate surface area is 226 Å². The van der Waals surface area contributed by atoms with Crippen molar-refractivity contribution in [2.45, 2.75) is 61.0 Å². The van der Waals surface area contributed by atoms with Crippen LogP contribution in [0.5, 0.6) is 0 Å². The Morgan fingerprint density at radius 2 is 1.86 bits per heavy atom. The summed E-state index contributed by atoms with van der Waals surface area (Å²) in [6.45, 7) is 9.62. The molecule has 3 aliphatic heterocycles. The molecular formula is C26H37BrN4O4S. The molecule has 3 unspecified atom stereocenters. The van der Waals surface area contributed by atoms with E-state index < -0.39 is 28.7 Å². The van der Waals surface area contributed by atoms with Crippen molar-refractivity contribution >= 4 is 56.8 Å². The topological polar surface area (TPSA) is 102 Å². The predicted octanol–water partition coefficient (Wildman–Crippen LogP) is 2.70. The number of fused-ring (bicyclic) bond motifs is 1. The first-order valence-corrected chi connectivity index (χ1v) is 14.6. The van der Waals surface area contributed by atoms with Gasteiger partial charge in [-0.1, -0.05) is 29.8 Å². The summed E-state index contributed by atoms with van der Waals surface area (Å²) >= 11 is 5.35. The van der Waals surface area contributed by atoms with Gasteiger partial charge < -0.3 is 25.5 Å². The summed E-state index contributed by atoms with van der Waals surface area (Å²) in [6.07, 6.45) is 0.609. The maximum atomic E-state index is 14.0. The fourth-order valence-electron chi connectivity index (χ4n) is 6.37. The Bertz CT molecular complexity index is 1000. The predicted molar refractivity (Wildman–Crippen MR) is 147 cm³/mol. The third kappa shape index (κ3) is 4.22. The van der Waals surface area contributed by atoms with E-state index in [1.807, 2.05) is 38.1 Å². The number of carbonyl (C=O) groups is 3. The second-order valence-corrected chi connectivity index (χ2v) is 12.9. The van der Waals surface area contributed by atoms with Crippen molar-refractivity contribution in [2.24, 2.45) is 17.8 Å². The number of aliphatic hydroxyl groups excluding tert-OH is 1. The smallest absolute Gasteiger partial charge is 0.248 e. The van der Waals surface area contributed by atoms with Gasteiger partial charge in [0.2, 0.25) is 17.7 Å². The summed E-state index contributed by atoms with van der Waals surface area (Å²) < 4.78 is -0.735. The summed E-state index contributed by atoms with van der Waals surface area (Å²) in [6, 6.07) is 6.43. The quantitative estimate of drug-likeness (QED) is 0.388. The lowest BCUT2D eigenvalue weighted by Gasteiger charge is -2.38. The van der Waals surface area contributed by atoms with Crippen LogP contribution < -0.4 is 15.5 Å². The molecular weight excluding hydrogens is 544 g/mol. The summed E-state index contributed by atoms with van der Waals surface area (Å²) in [5.41, 5.74) is 1.74. The Morgan fingerprint density at radius 1 is 1.22 bits per heavy atom. The molecule has 198 valence electrons. The van der Waals surface area contributed by atoms with E-state index in [4.69, 9.17) is 0 Å². The molecule has 0 aliphatic carbocycles. The number of benzene rings is 1. The van der Waals surface area contributed by atoms with Crippen molar-refractivity contribution in [3.63, 3.8) is 0 Å². The highest BCUT2D eigenvalue weighted by molar-refractivity contribution is 9.09. The fourth-order valence-corrected chi connectivity index (χ4v) is 9.97. The number of halogens is 1. The standard InChI is InChI=1S/C26H37BrN4O4S/c1-6-30(7-2)16-10-8-15(9-11-16)29-24(34)22-26-12-17(27)21(36-26)19(23(33)28-5)20(26)25(35)31(22)18(13-32)14(3)4/h8-11,14,17-22,32H,6-7,12-13H2,1-5H3,(H,28,33)(H,29,34)/t17?,18-,19-,20-,21-,22?,26?/m0/s1. The number of alkyl halides is 1. The number of rotatable bonds is 9. The number of hydrogen-bond donors (Lipinski definition) is 3. The van der Waals surface area contributed by atoms with Crippen LogP contribution in [-0.2, 0) is 14.4 Å². The van der Waals surface area contributed by atoms with E-state index in [1.54, 1.807) is 23.7 Å². The minimum Gasteiger partial charge on any atom is -0.394 e. The zero-order chi connectivity index (χ0) is 26.4. The number of anilines is 2. The molecule has 10 heteroatoms. The summed E-state index contributed by atoms with van der Waals surface area (Å²) in [5.74, 6) is -1.83. The van der Waals surface area contributed by atoms with Gasteiger partial charge in [0.25, 0.3) is 0 Å². The van der Waals surface area contributed by atoms with E-state index in [2.05, 4.69) is 45.3 Å². The van der Waals surface area contributed by atoms with Crippen LogP contribution in [0.3, 0.4) is 0 Å². The van der Waals surface area contributed by atoms with Gasteiger partial charge in [-0.3, -0.25) is 14.4 Å². The summed E-state index contributed by atoms with van der Waals surface area (Å²) in [5, 5.41) is 16.0.